The van der Waals surface area contributed by atoms with E-state index in [1.807, 2.05) is 19.9 Å². The summed E-state index contributed by atoms with van der Waals surface area (Å²) in [5.74, 6) is 1.25. The molecule has 1 aromatic carbocycles. The highest BCUT2D eigenvalue weighted by Crippen LogP contribution is 2.33. The van der Waals surface area contributed by atoms with Crippen LogP contribution in [0.5, 0.6) is 11.5 Å². The van der Waals surface area contributed by atoms with E-state index in [0.29, 0.717) is 22.8 Å². The van der Waals surface area contributed by atoms with Gasteiger partial charge in [-0.2, -0.15) is 10.2 Å². The van der Waals surface area contributed by atoms with Gasteiger partial charge in [-0.05, 0) is 32.0 Å². The van der Waals surface area contributed by atoms with E-state index in [-0.39, 0.29) is 0 Å². The fourth-order valence-electron chi connectivity index (χ4n) is 2.06. The van der Waals surface area contributed by atoms with Gasteiger partial charge < -0.3 is 14.6 Å². The first-order chi connectivity index (χ1) is 9.56. The predicted molar refractivity (Wildman–Crippen MR) is 75.1 cm³/mol. The molecule has 1 atom stereocenters. The maximum atomic E-state index is 10.6. The third kappa shape index (κ3) is 2.72. The molecule has 0 radical (unpaired) electrons. The van der Waals surface area contributed by atoms with E-state index in [2.05, 4.69) is 10.2 Å². The average molecular weight is 274 g/mol. The minimum Gasteiger partial charge on any atom is -0.497 e. The third-order valence-corrected chi connectivity index (χ3v) is 3.17. The Bertz CT molecular complexity index is 614. The van der Waals surface area contributed by atoms with Crippen LogP contribution in [0, 0.1) is 13.8 Å². The SMILES string of the molecule is COc1ccc(C(O)c2cc(C)nnc2C)c(OC)c1. The molecule has 1 unspecified atom stereocenters. The van der Waals surface area contributed by atoms with Gasteiger partial charge in [0.25, 0.3) is 0 Å². The molecule has 2 aromatic rings. The Morgan fingerprint density at radius 1 is 1.00 bits per heavy atom. The van der Waals surface area contributed by atoms with E-state index in [1.165, 1.54) is 0 Å². The number of rotatable bonds is 4. The number of aromatic nitrogens is 2. The second-order valence-corrected chi connectivity index (χ2v) is 4.54. The minimum absolute atomic E-state index is 0.575. The van der Waals surface area contributed by atoms with Crippen molar-refractivity contribution < 1.29 is 14.6 Å². The van der Waals surface area contributed by atoms with Crippen molar-refractivity contribution in [2.75, 3.05) is 14.2 Å². The van der Waals surface area contributed by atoms with Gasteiger partial charge >= 0.3 is 0 Å². The number of ether oxygens (including phenoxy) is 2. The molecule has 0 aliphatic heterocycles. The topological polar surface area (TPSA) is 64.5 Å². The van der Waals surface area contributed by atoms with Crippen molar-refractivity contribution in [1.29, 1.82) is 0 Å². The van der Waals surface area contributed by atoms with Gasteiger partial charge in [-0.3, -0.25) is 0 Å². The van der Waals surface area contributed by atoms with Crippen LogP contribution in [0.3, 0.4) is 0 Å². The van der Waals surface area contributed by atoms with Crippen LogP contribution < -0.4 is 9.47 Å². The Kier molecular flexibility index (Phi) is 4.20. The number of aryl methyl sites for hydroxylation is 2. The zero-order valence-corrected chi connectivity index (χ0v) is 12.0. The molecule has 1 heterocycles. The van der Waals surface area contributed by atoms with Gasteiger partial charge in [0.1, 0.15) is 17.6 Å². The molecular weight excluding hydrogens is 256 g/mol. The molecule has 0 amide bonds. The molecule has 1 N–H and O–H groups in total. The molecule has 106 valence electrons. The van der Waals surface area contributed by atoms with Crippen LogP contribution in [0.25, 0.3) is 0 Å². The van der Waals surface area contributed by atoms with Crippen molar-refractivity contribution >= 4 is 0 Å². The molecule has 0 fully saturated rings. The first kappa shape index (κ1) is 14.3. The first-order valence-corrected chi connectivity index (χ1v) is 6.27. The Hall–Kier alpha value is -2.14. The smallest absolute Gasteiger partial charge is 0.128 e. The molecule has 5 heteroatoms. The van der Waals surface area contributed by atoms with Gasteiger partial charge in [0.15, 0.2) is 0 Å². The summed E-state index contributed by atoms with van der Waals surface area (Å²) in [5.41, 5.74) is 2.85. The van der Waals surface area contributed by atoms with Crippen molar-refractivity contribution in [2.24, 2.45) is 0 Å². The van der Waals surface area contributed by atoms with E-state index in [0.717, 1.165) is 11.3 Å². The lowest BCUT2D eigenvalue weighted by atomic mass is 9.99. The van der Waals surface area contributed by atoms with Gasteiger partial charge in [-0.1, -0.05) is 0 Å². The molecule has 0 saturated carbocycles. The van der Waals surface area contributed by atoms with Crippen LogP contribution >= 0.6 is 0 Å². The number of hydrogen-bond acceptors (Lipinski definition) is 5. The van der Waals surface area contributed by atoms with Crippen LogP contribution in [-0.4, -0.2) is 29.5 Å². The molecule has 5 nitrogen and oxygen atoms in total. The fraction of sp³-hybridized carbons (Fsp3) is 0.333. The van der Waals surface area contributed by atoms with Crippen LogP contribution in [0.4, 0.5) is 0 Å². The number of aliphatic hydroxyl groups excluding tert-OH is 1. The summed E-state index contributed by atoms with van der Waals surface area (Å²) in [6, 6.07) is 7.15. The summed E-state index contributed by atoms with van der Waals surface area (Å²) in [5, 5.41) is 18.6. The van der Waals surface area contributed by atoms with Crippen molar-refractivity contribution in [3.8, 4) is 11.5 Å². The third-order valence-electron chi connectivity index (χ3n) is 3.17. The highest BCUT2D eigenvalue weighted by Gasteiger charge is 2.19. The largest absolute Gasteiger partial charge is 0.497 e. The lowest BCUT2D eigenvalue weighted by Crippen LogP contribution is -2.07. The average Bonchev–Trinajstić information content (AvgIpc) is 2.48. The summed E-state index contributed by atoms with van der Waals surface area (Å²) in [6.07, 6.45) is -0.815. The molecule has 0 saturated heterocycles. The van der Waals surface area contributed by atoms with Crippen molar-refractivity contribution in [1.82, 2.24) is 10.2 Å². The summed E-state index contributed by atoms with van der Waals surface area (Å²) < 4.78 is 10.5. The number of aliphatic hydroxyl groups is 1. The summed E-state index contributed by atoms with van der Waals surface area (Å²) in [7, 11) is 3.15. The molecule has 0 aliphatic rings. The van der Waals surface area contributed by atoms with Crippen LogP contribution in [0.15, 0.2) is 24.3 Å². The number of methoxy groups -OCH3 is 2. The summed E-state index contributed by atoms with van der Waals surface area (Å²) >= 11 is 0. The van der Waals surface area contributed by atoms with E-state index < -0.39 is 6.10 Å². The van der Waals surface area contributed by atoms with E-state index in [4.69, 9.17) is 9.47 Å². The predicted octanol–water partition coefficient (Wildman–Crippen LogP) is 2.19. The van der Waals surface area contributed by atoms with Gasteiger partial charge in [-0.25, -0.2) is 0 Å². The molecule has 0 bridgehead atoms. The maximum absolute atomic E-state index is 10.6. The second kappa shape index (κ2) is 5.88. The number of benzene rings is 1. The van der Waals surface area contributed by atoms with Crippen molar-refractivity contribution in [3.05, 3.63) is 46.8 Å². The zero-order valence-electron chi connectivity index (χ0n) is 12.0. The first-order valence-electron chi connectivity index (χ1n) is 6.27. The minimum atomic E-state index is -0.815. The lowest BCUT2D eigenvalue weighted by Gasteiger charge is -2.17. The second-order valence-electron chi connectivity index (χ2n) is 4.54. The summed E-state index contributed by atoms with van der Waals surface area (Å²) in [6.45, 7) is 3.66. The Morgan fingerprint density at radius 3 is 2.40 bits per heavy atom. The highest BCUT2D eigenvalue weighted by molar-refractivity contribution is 5.45. The Morgan fingerprint density at radius 2 is 1.75 bits per heavy atom. The molecular formula is C15H18N2O3. The molecule has 20 heavy (non-hydrogen) atoms. The standard InChI is InChI=1S/C15H18N2O3/c1-9-7-13(10(2)17-16-9)15(18)12-6-5-11(19-3)8-14(12)20-4/h5-8,15,18H,1-4H3. The monoisotopic (exact) mass is 274 g/mol. The molecule has 2 rings (SSSR count). The van der Waals surface area contributed by atoms with Crippen LogP contribution in [-0.2, 0) is 0 Å². The zero-order chi connectivity index (χ0) is 14.7. The molecule has 0 spiro atoms. The van der Waals surface area contributed by atoms with Crippen molar-refractivity contribution in [2.45, 2.75) is 20.0 Å². The van der Waals surface area contributed by atoms with Gasteiger partial charge in [-0.15, -0.1) is 0 Å². The van der Waals surface area contributed by atoms with Gasteiger partial charge in [0.05, 0.1) is 25.6 Å². The van der Waals surface area contributed by atoms with E-state index in [1.54, 1.807) is 32.4 Å². The van der Waals surface area contributed by atoms with E-state index in [9.17, 15) is 5.11 Å². The van der Waals surface area contributed by atoms with Crippen molar-refractivity contribution in [3.63, 3.8) is 0 Å². The summed E-state index contributed by atoms with van der Waals surface area (Å²) in [4.78, 5) is 0. The Balaban J connectivity index is 2.47. The molecule has 1 aromatic heterocycles. The van der Waals surface area contributed by atoms with E-state index >= 15 is 0 Å². The highest BCUT2D eigenvalue weighted by atomic mass is 16.5. The quantitative estimate of drug-likeness (QED) is 0.926. The molecule has 0 aliphatic carbocycles. The number of hydrogen-bond donors (Lipinski definition) is 1. The fourth-order valence-corrected chi connectivity index (χ4v) is 2.06. The van der Waals surface area contributed by atoms with Gasteiger partial charge in [0.2, 0.25) is 0 Å². The number of nitrogens with zero attached hydrogens (tertiary/aromatic N) is 2. The van der Waals surface area contributed by atoms with Crippen LogP contribution in [0.2, 0.25) is 0 Å². The Labute approximate surface area is 118 Å². The lowest BCUT2D eigenvalue weighted by molar-refractivity contribution is 0.213. The van der Waals surface area contributed by atoms with Gasteiger partial charge in [0, 0.05) is 17.2 Å². The van der Waals surface area contributed by atoms with Crippen LogP contribution in [0.1, 0.15) is 28.6 Å². The maximum Gasteiger partial charge on any atom is 0.128 e. The normalized spacial score (nSPS) is 12.1.